The second-order valence-corrected chi connectivity index (χ2v) is 6.10. The van der Waals surface area contributed by atoms with Crippen molar-refractivity contribution < 1.29 is 18.3 Å². The number of nitrogens with zero attached hydrogens (tertiary/aromatic N) is 6. The Morgan fingerprint density at radius 3 is 2.93 bits per heavy atom. The quantitative estimate of drug-likeness (QED) is 0.681. The van der Waals surface area contributed by atoms with E-state index in [1.165, 1.54) is 40.3 Å². The van der Waals surface area contributed by atoms with E-state index in [0.29, 0.717) is 12.3 Å². The summed E-state index contributed by atoms with van der Waals surface area (Å²) >= 11 is 0. The number of amides is 1. The summed E-state index contributed by atoms with van der Waals surface area (Å²) < 4.78 is 34.1. The Balaban J connectivity index is 1.79. The van der Waals surface area contributed by atoms with Gasteiger partial charge in [-0.2, -0.15) is 10.2 Å². The van der Waals surface area contributed by atoms with Crippen molar-refractivity contribution in [2.75, 3.05) is 18.1 Å². The van der Waals surface area contributed by atoms with Crippen molar-refractivity contribution in [3.63, 3.8) is 0 Å². The molecular formula is C17H16F2N6O2. The summed E-state index contributed by atoms with van der Waals surface area (Å²) in [6.45, 7) is 0.844. The number of alkyl halides is 2. The van der Waals surface area contributed by atoms with Crippen LogP contribution in [0.3, 0.4) is 0 Å². The second kappa shape index (κ2) is 7.31. The van der Waals surface area contributed by atoms with Gasteiger partial charge in [0.1, 0.15) is 11.4 Å². The van der Waals surface area contributed by atoms with Crippen LogP contribution in [0.1, 0.15) is 35.4 Å². The second-order valence-electron chi connectivity index (χ2n) is 6.10. The minimum Gasteiger partial charge on any atom is -0.376 e. The Hall–Kier alpha value is -3.01. The Kier molecular flexibility index (Phi) is 4.71. The van der Waals surface area contributed by atoms with Gasteiger partial charge in [0.2, 0.25) is 0 Å². The number of anilines is 1. The average molecular weight is 374 g/mol. The molecule has 3 aromatic heterocycles. The van der Waals surface area contributed by atoms with Gasteiger partial charge in [-0.25, -0.2) is 13.8 Å². The average Bonchev–Trinajstić information content (AvgIpc) is 3.34. The Morgan fingerprint density at radius 1 is 1.33 bits per heavy atom. The summed E-state index contributed by atoms with van der Waals surface area (Å²) in [6, 6.07) is 1.60. The summed E-state index contributed by atoms with van der Waals surface area (Å²) in [5.74, 6) is -0.604. The minimum atomic E-state index is -2.90. The van der Waals surface area contributed by atoms with Gasteiger partial charge in [-0.15, -0.1) is 0 Å². The predicted octanol–water partition coefficient (Wildman–Crippen LogP) is 2.28. The first kappa shape index (κ1) is 17.4. The molecule has 0 bridgehead atoms. The fourth-order valence-electron chi connectivity index (χ4n) is 3.16. The molecule has 1 aliphatic heterocycles. The van der Waals surface area contributed by atoms with E-state index in [1.54, 1.807) is 6.07 Å². The van der Waals surface area contributed by atoms with Crippen molar-refractivity contribution in [3.8, 4) is 0 Å². The highest BCUT2D eigenvalue weighted by Crippen LogP contribution is 2.27. The summed E-state index contributed by atoms with van der Waals surface area (Å²) in [5, 5.41) is 7.51. The summed E-state index contributed by atoms with van der Waals surface area (Å²) in [7, 11) is 0. The van der Waals surface area contributed by atoms with E-state index >= 15 is 0 Å². The molecule has 8 nitrogen and oxygen atoms in total. The maximum atomic E-state index is 13.6. The van der Waals surface area contributed by atoms with E-state index < -0.39 is 18.0 Å². The number of rotatable bonds is 5. The van der Waals surface area contributed by atoms with Crippen LogP contribution in [0.15, 0.2) is 37.1 Å². The zero-order valence-electron chi connectivity index (χ0n) is 14.2. The van der Waals surface area contributed by atoms with Crippen LogP contribution in [0.25, 0.3) is 5.65 Å². The molecule has 1 fully saturated rings. The third-order valence-electron chi connectivity index (χ3n) is 4.40. The van der Waals surface area contributed by atoms with Crippen molar-refractivity contribution in [1.82, 2.24) is 24.6 Å². The van der Waals surface area contributed by atoms with E-state index in [-0.39, 0.29) is 24.0 Å². The van der Waals surface area contributed by atoms with Gasteiger partial charge < -0.3 is 9.64 Å². The van der Waals surface area contributed by atoms with E-state index in [4.69, 9.17) is 4.74 Å². The topological polar surface area (TPSA) is 85.5 Å². The SMILES string of the molecule is O=C(c1c(C(F)F)nc2cnccn12)N(CC1CCCO1)c1ccnnc1. The van der Waals surface area contributed by atoms with E-state index in [1.807, 2.05) is 0 Å². The van der Waals surface area contributed by atoms with Crippen LogP contribution in [-0.2, 0) is 4.74 Å². The fourth-order valence-corrected chi connectivity index (χ4v) is 3.16. The van der Waals surface area contributed by atoms with Gasteiger partial charge in [0, 0.05) is 19.0 Å². The first-order valence-corrected chi connectivity index (χ1v) is 8.45. The molecule has 1 aliphatic rings. The van der Waals surface area contributed by atoms with Crippen LogP contribution in [0.2, 0.25) is 0 Å². The normalized spacial score (nSPS) is 16.9. The highest BCUT2D eigenvalue weighted by Gasteiger charge is 2.31. The molecule has 1 saturated heterocycles. The van der Waals surface area contributed by atoms with Gasteiger partial charge in [-0.1, -0.05) is 0 Å². The molecule has 1 amide bonds. The van der Waals surface area contributed by atoms with Crippen LogP contribution >= 0.6 is 0 Å². The van der Waals surface area contributed by atoms with E-state index in [9.17, 15) is 13.6 Å². The van der Waals surface area contributed by atoms with Crippen LogP contribution in [0.5, 0.6) is 0 Å². The number of carbonyl (C=O) groups is 1. The Labute approximate surface area is 152 Å². The lowest BCUT2D eigenvalue weighted by Crippen LogP contribution is -2.38. The lowest BCUT2D eigenvalue weighted by molar-refractivity contribution is 0.0900. The largest absolute Gasteiger partial charge is 0.376 e. The smallest absolute Gasteiger partial charge is 0.282 e. The van der Waals surface area contributed by atoms with Crippen molar-refractivity contribution in [2.24, 2.45) is 0 Å². The molecule has 0 spiro atoms. The number of hydrogen-bond acceptors (Lipinski definition) is 6. The monoisotopic (exact) mass is 374 g/mol. The summed E-state index contributed by atoms with van der Waals surface area (Å²) in [6.07, 6.45) is 5.67. The van der Waals surface area contributed by atoms with Crippen molar-refractivity contribution in [1.29, 1.82) is 0 Å². The predicted molar refractivity (Wildman–Crippen MR) is 90.6 cm³/mol. The molecule has 0 radical (unpaired) electrons. The lowest BCUT2D eigenvalue weighted by Gasteiger charge is -2.25. The molecule has 27 heavy (non-hydrogen) atoms. The molecule has 4 heterocycles. The van der Waals surface area contributed by atoms with Crippen LogP contribution in [0.4, 0.5) is 14.5 Å². The number of aromatic nitrogens is 5. The molecule has 10 heteroatoms. The van der Waals surface area contributed by atoms with Crippen molar-refractivity contribution >= 4 is 17.2 Å². The molecule has 3 aromatic rings. The van der Waals surface area contributed by atoms with Crippen molar-refractivity contribution in [3.05, 3.63) is 48.4 Å². The number of fused-ring (bicyclic) bond motifs is 1. The highest BCUT2D eigenvalue weighted by atomic mass is 19.3. The van der Waals surface area contributed by atoms with Crippen molar-refractivity contribution in [2.45, 2.75) is 25.4 Å². The van der Waals surface area contributed by atoms with Gasteiger partial charge in [0.05, 0.1) is 36.9 Å². The Bertz CT molecular complexity index is 943. The number of imidazole rings is 1. The third kappa shape index (κ3) is 3.35. The van der Waals surface area contributed by atoms with Gasteiger partial charge in [-0.3, -0.25) is 14.2 Å². The molecule has 4 rings (SSSR count). The molecule has 1 atom stereocenters. The van der Waals surface area contributed by atoms with Gasteiger partial charge in [0.15, 0.2) is 5.65 Å². The first-order chi connectivity index (χ1) is 13.1. The maximum absolute atomic E-state index is 13.6. The van der Waals surface area contributed by atoms with E-state index in [2.05, 4.69) is 20.2 Å². The van der Waals surface area contributed by atoms with Gasteiger partial charge >= 0.3 is 0 Å². The van der Waals surface area contributed by atoms with Crippen LogP contribution in [-0.4, -0.2) is 49.7 Å². The Morgan fingerprint density at radius 2 is 2.22 bits per heavy atom. The molecule has 0 N–H and O–H groups in total. The summed E-state index contributed by atoms with van der Waals surface area (Å²) in [4.78, 5) is 22.5. The molecule has 1 unspecified atom stereocenters. The van der Waals surface area contributed by atoms with Crippen LogP contribution < -0.4 is 4.90 Å². The molecule has 0 aromatic carbocycles. The zero-order chi connectivity index (χ0) is 18.8. The molecule has 0 aliphatic carbocycles. The fraction of sp³-hybridized carbons (Fsp3) is 0.353. The van der Waals surface area contributed by atoms with E-state index in [0.717, 1.165) is 12.8 Å². The number of carbonyl (C=O) groups excluding carboxylic acids is 1. The number of halogens is 2. The zero-order valence-corrected chi connectivity index (χ0v) is 14.2. The standard InChI is InChI=1S/C17H16F2N6O2/c18-16(19)14-15(24-6-5-20-9-13(24)23-14)17(26)25(10-12-2-1-7-27-12)11-3-4-21-22-8-11/h3-6,8-9,12,16H,1-2,7,10H2. The number of hydrogen-bond donors (Lipinski definition) is 0. The molecule has 0 saturated carbocycles. The molecular weight excluding hydrogens is 358 g/mol. The first-order valence-electron chi connectivity index (χ1n) is 8.45. The lowest BCUT2D eigenvalue weighted by atomic mass is 10.2. The molecule has 140 valence electrons. The maximum Gasteiger partial charge on any atom is 0.282 e. The summed E-state index contributed by atoms with van der Waals surface area (Å²) in [5.41, 5.74) is -0.139. The van der Waals surface area contributed by atoms with Gasteiger partial charge in [-0.05, 0) is 18.9 Å². The van der Waals surface area contributed by atoms with Crippen LogP contribution in [0, 0.1) is 0 Å². The minimum absolute atomic E-state index is 0.169. The third-order valence-corrected chi connectivity index (χ3v) is 4.40. The van der Waals surface area contributed by atoms with Gasteiger partial charge in [0.25, 0.3) is 12.3 Å². The highest BCUT2D eigenvalue weighted by molar-refractivity contribution is 6.06. The number of ether oxygens (including phenoxy) is 1.